The zero-order chi connectivity index (χ0) is 14.7. The lowest BCUT2D eigenvalue weighted by atomic mass is 10.3. The highest BCUT2D eigenvalue weighted by atomic mass is 79.9. The summed E-state index contributed by atoms with van der Waals surface area (Å²) in [4.78, 5) is 24.5. The molecule has 1 aromatic carbocycles. The van der Waals surface area contributed by atoms with E-state index in [1.807, 2.05) is 0 Å². The molecule has 0 fully saturated rings. The van der Waals surface area contributed by atoms with Gasteiger partial charge in [0, 0.05) is 10.5 Å². The normalized spacial score (nSPS) is 10.1. The first-order valence-corrected chi connectivity index (χ1v) is 6.07. The fourth-order valence-electron chi connectivity index (χ4n) is 1.42. The second-order valence-corrected chi connectivity index (χ2v) is 4.60. The molecule has 1 aromatic heterocycles. The van der Waals surface area contributed by atoms with Gasteiger partial charge < -0.3 is 9.84 Å². The molecule has 2 aromatic rings. The molecule has 0 aliphatic rings. The van der Waals surface area contributed by atoms with Crippen molar-refractivity contribution in [1.82, 2.24) is 4.98 Å². The molecule has 2 rings (SSSR count). The summed E-state index contributed by atoms with van der Waals surface area (Å²) >= 11 is 3.15. The van der Waals surface area contributed by atoms with Crippen LogP contribution in [-0.2, 0) is 0 Å². The Morgan fingerprint density at radius 3 is 2.60 bits per heavy atom. The average molecular weight is 339 g/mol. The molecular weight excluding hydrogens is 332 g/mol. The highest BCUT2D eigenvalue weighted by Crippen LogP contribution is 2.29. The first kappa shape index (κ1) is 13.9. The summed E-state index contributed by atoms with van der Waals surface area (Å²) in [5.41, 5.74) is -0.234. The van der Waals surface area contributed by atoms with Crippen molar-refractivity contribution in [2.45, 2.75) is 0 Å². The number of hydrogen-bond acceptors (Lipinski definition) is 5. The van der Waals surface area contributed by atoms with Crippen molar-refractivity contribution in [1.29, 1.82) is 0 Å². The summed E-state index contributed by atoms with van der Waals surface area (Å²) in [5, 5.41) is 19.4. The fourth-order valence-corrected chi connectivity index (χ4v) is 1.88. The Labute approximate surface area is 121 Å². The Morgan fingerprint density at radius 2 is 2.05 bits per heavy atom. The molecule has 0 spiro atoms. The number of pyridine rings is 1. The number of rotatable bonds is 4. The Morgan fingerprint density at radius 1 is 1.30 bits per heavy atom. The molecule has 7 nitrogen and oxygen atoms in total. The van der Waals surface area contributed by atoms with E-state index in [0.29, 0.717) is 4.47 Å². The Balaban J connectivity index is 2.25. The van der Waals surface area contributed by atoms with E-state index in [9.17, 15) is 14.9 Å². The number of carboxylic acids is 1. The monoisotopic (exact) mass is 338 g/mol. The predicted octanol–water partition coefficient (Wildman–Crippen LogP) is 3.24. The zero-order valence-corrected chi connectivity index (χ0v) is 11.4. The van der Waals surface area contributed by atoms with Crippen LogP contribution in [0.15, 0.2) is 41.0 Å². The number of aromatic nitrogens is 1. The molecule has 1 heterocycles. The molecule has 0 saturated carbocycles. The zero-order valence-electron chi connectivity index (χ0n) is 9.82. The van der Waals surface area contributed by atoms with E-state index in [-0.39, 0.29) is 22.9 Å². The van der Waals surface area contributed by atoms with Crippen LogP contribution in [0.25, 0.3) is 0 Å². The summed E-state index contributed by atoms with van der Waals surface area (Å²) in [5.74, 6) is -0.618. The van der Waals surface area contributed by atoms with Crippen LogP contribution in [0.4, 0.5) is 5.69 Å². The number of carbonyl (C=O) groups is 1. The topological polar surface area (TPSA) is 103 Å². The molecule has 0 amide bonds. The van der Waals surface area contributed by atoms with Gasteiger partial charge in [0.05, 0.1) is 17.2 Å². The van der Waals surface area contributed by atoms with Gasteiger partial charge in [-0.25, -0.2) is 9.78 Å². The lowest BCUT2D eigenvalue weighted by Gasteiger charge is -2.06. The molecule has 0 saturated heterocycles. The molecule has 0 aliphatic heterocycles. The van der Waals surface area contributed by atoms with Crippen molar-refractivity contribution in [2.75, 3.05) is 0 Å². The Kier molecular flexibility index (Phi) is 3.94. The van der Waals surface area contributed by atoms with Crippen LogP contribution in [0.1, 0.15) is 10.5 Å². The molecule has 0 aliphatic carbocycles. The van der Waals surface area contributed by atoms with Gasteiger partial charge in [0.2, 0.25) is 0 Å². The number of non-ortho nitro benzene ring substituents is 1. The molecule has 0 unspecified atom stereocenters. The van der Waals surface area contributed by atoms with Crippen LogP contribution < -0.4 is 4.74 Å². The predicted molar refractivity (Wildman–Crippen MR) is 72.1 cm³/mol. The van der Waals surface area contributed by atoms with Gasteiger partial charge in [0.15, 0.2) is 0 Å². The van der Waals surface area contributed by atoms with E-state index in [1.165, 1.54) is 30.5 Å². The van der Waals surface area contributed by atoms with Gasteiger partial charge in [0.25, 0.3) is 5.69 Å². The minimum absolute atomic E-state index is 0.113. The molecule has 8 heteroatoms. The maximum Gasteiger partial charge on any atom is 0.354 e. The average Bonchev–Trinajstić information content (AvgIpc) is 2.38. The highest BCUT2D eigenvalue weighted by molar-refractivity contribution is 9.10. The van der Waals surface area contributed by atoms with E-state index in [4.69, 9.17) is 9.84 Å². The van der Waals surface area contributed by atoms with E-state index >= 15 is 0 Å². The van der Waals surface area contributed by atoms with Crippen LogP contribution in [0, 0.1) is 10.1 Å². The number of hydrogen-bond donors (Lipinski definition) is 1. The number of ether oxygens (including phenoxy) is 1. The van der Waals surface area contributed by atoms with Crippen molar-refractivity contribution >= 4 is 27.6 Å². The van der Waals surface area contributed by atoms with Gasteiger partial charge in [-0.05, 0) is 18.2 Å². The van der Waals surface area contributed by atoms with Gasteiger partial charge >= 0.3 is 5.97 Å². The summed E-state index contributed by atoms with van der Waals surface area (Å²) in [6.45, 7) is 0. The van der Waals surface area contributed by atoms with Crippen LogP contribution in [-0.4, -0.2) is 21.0 Å². The summed E-state index contributed by atoms with van der Waals surface area (Å²) < 4.78 is 5.89. The lowest BCUT2D eigenvalue weighted by molar-refractivity contribution is -0.385. The third kappa shape index (κ3) is 3.29. The molecule has 102 valence electrons. The van der Waals surface area contributed by atoms with Gasteiger partial charge in [0.1, 0.15) is 17.2 Å². The number of benzene rings is 1. The standard InChI is InChI=1S/C12H7BrN2O5/c13-7-3-8(15(18)19)5-10(4-7)20-9-1-2-11(12(16)17)14-6-9/h1-6H,(H,16,17). The van der Waals surface area contributed by atoms with Crippen molar-refractivity contribution in [2.24, 2.45) is 0 Å². The summed E-state index contributed by atoms with van der Waals surface area (Å²) in [6.07, 6.45) is 1.23. The number of carboxylic acid groups (broad SMARTS) is 1. The second-order valence-electron chi connectivity index (χ2n) is 3.69. The third-order valence-corrected chi connectivity index (χ3v) is 2.72. The molecule has 20 heavy (non-hydrogen) atoms. The van der Waals surface area contributed by atoms with Crippen molar-refractivity contribution in [3.63, 3.8) is 0 Å². The maximum absolute atomic E-state index is 10.7. The van der Waals surface area contributed by atoms with Crippen molar-refractivity contribution < 1.29 is 19.6 Å². The van der Waals surface area contributed by atoms with Crippen LogP contribution in [0.3, 0.4) is 0 Å². The summed E-state index contributed by atoms with van der Waals surface area (Å²) in [7, 11) is 0. The Hall–Kier alpha value is -2.48. The van der Waals surface area contributed by atoms with E-state index in [0.717, 1.165) is 0 Å². The van der Waals surface area contributed by atoms with E-state index in [2.05, 4.69) is 20.9 Å². The highest BCUT2D eigenvalue weighted by Gasteiger charge is 2.11. The molecule has 1 N–H and O–H groups in total. The van der Waals surface area contributed by atoms with Crippen LogP contribution in [0.2, 0.25) is 0 Å². The quantitative estimate of drug-likeness (QED) is 0.678. The first-order valence-electron chi connectivity index (χ1n) is 5.28. The Bertz CT molecular complexity index is 672. The number of nitro benzene ring substituents is 1. The van der Waals surface area contributed by atoms with E-state index < -0.39 is 10.9 Å². The number of aromatic carboxylic acids is 1. The smallest absolute Gasteiger partial charge is 0.354 e. The third-order valence-electron chi connectivity index (χ3n) is 2.26. The minimum atomic E-state index is -1.14. The van der Waals surface area contributed by atoms with Crippen LogP contribution in [0.5, 0.6) is 11.5 Å². The summed E-state index contributed by atoms with van der Waals surface area (Å²) in [6, 6.07) is 6.86. The minimum Gasteiger partial charge on any atom is -0.477 e. The number of nitrogens with zero attached hydrogens (tertiary/aromatic N) is 2. The van der Waals surface area contributed by atoms with Gasteiger partial charge in [-0.3, -0.25) is 10.1 Å². The molecule has 0 atom stereocenters. The SMILES string of the molecule is O=C(O)c1ccc(Oc2cc(Br)cc([N+](=O)[O-])c2)cn1. The van der Waals surface area contributed by atoms with Gasteiger partial charge in [-0.2, -0.15) is 0 Å². The number of halogens is 1. The van der Waals surface area contributed by atoms with Crippen molar-refractivity contribution in [3.05, 3.63) is 56.8 Å². The van der Waals surface area contributed by atoms with Gasteiger partial charge in [-0.1, -0.05) is 15.9 Å². The molecule has 0 radical (unpaired) electrons. The van der Waals surface area contributed by atoms with Crippen molar-refractivity contribution in [3.8, 4) is 11.5 Å². The first-order chi connectivity index (χ1) is 9.45. The largest absolute Gasteiger partial charge is 0.477 e. The second kappa shape index (κ2) is 5.66. The number of nitro groups is 1. The van der Waals surface area contributed by atoms with Crippen LogP contribution >= 0.6 is 15.9 Å². The van der Waals surface area contributed by atoms with E-state index in [1.54, 1.807) is 6.07 Å². The molecular formula is C12H7BrN2O5. The molecule has 0 bridgehead atoms. The fraction of sp³-hybridized carbons (Fsp3) is 0. The lowest BCUT2D eigenvalue weighted by Crippen LogP contribution is -1.99. The van der Waals surface area contributed by atoms with Gasteiger partial charge in [-0.15, -0.1) is 0 Å². The maximum atomic E-state index is 10.7.